The topological polar surface area (TPSA) is 0 Å². The van der Waals surface area contributed by atoms with Gasteiger partial charge in [-0.25, -0.2) is 0 Å². The first-order valence-corrected chi connectivity index (χ1v) is 20.4. The molecule has 0 radical (unpaired) electrons. The molecule has 168 valence electrons. The van der Waals surface area contributed by atoms with Crippen molar-refractivity contribution in [2.45, 2.75) is 112 Å². The van der Waals surface area contributed by atoms with Crippen LogP contribution in [0.3, 0.4) is 0 Å². The summed E-state index contributed by atoms with van der Waals surface area (Å²) in [6, 6.07) is 7.94. The zero-order valence-corrected chi connectivity index (χ0v) is 23.8. The number of benzene rings is 1. The summed E-state index contributed by atoms with van der Waals surface area (Å²) in [5.74, 6) is 6.89. The van der Waals surface area contributed by atoms with Gasteiger partial charge in [0.2, 0.25) is 0 Å². The van der Waals surface area contributed by atoms with Crippen LogP contribution in [0.5, 0.6) is 0 Å². The van der Waals surface area contributed by atoms with Gasteiger partial charge in [-0.1, -0.05) is 0 Å². The van der Waals surface area contributed by atoms with Crippen LogP contribution in [0.15, 0.2) is 33.9 Å². The van der Waals surface area contributed by atoms with Crippen LogP contribution in [0.2, 0.25) is 18.3 Å². The van der Waals surface area contributed by atoms with Crippen molar-refractivity contribution >= 4 is 30.0 Å². The van der Waals surface area contributed by atoms with E-state index in [0.29, 0.717) is 0 Å². The SMILES string of the molecule is CCCCCC/[C](=C\C#Cc1ccc(Cl)cc1)[Sn]([CH2]CCC)([CH2]CCC)[CH2]CCC. The third-order valence-electron chi connectivity index (χ3n) is 6.31. The van der Waals surface area contributed by atoms with Gasteiger partial charge in [0, 0.05) is 0 Å². The Morgan fingerprint density at radius 2 is 1.30 bits per heavy atom. The van der Waals surface area contributed by atoms with Gasteiger partial charge in [0.15, 0.2) is 0 Å². The zero-order chi connectivity index (χ0) is 22.1. The summed E-state index contributed by atoms with van der Waals surface area (Å²) in [7, 11) is 0. The van der Waals surface area contributed by atoms with E-state index < -0.39 is 18.4 Å². The number of allylic oxidation sites excluding steroid dienone is 2. The molecule has 1 rings (SSSR count). The summed E-state index contributed by atoms with van der Waals surface area (Å²) in [6.07, 6.45) is 17.3. The van der Waals surface area contributed by atoms with Crippen LogP contribution < -0.4 is 0 Å². The van der Waals surface area contributed by atoms with Crippen LogP contribution >= 0.6 is 11.6 Å². The second kappa shape index (κ2) is 17.2. The molecule has 0 aliphatic rings. The molecule has 0 heterocycles. The molecule has 30 heavy (non-hydrogen) atoms. The number of rotatable bonds is 15. The second-order valence-corrected chi connectivity index (χ2v) is 22.7. The molecule has 0 atom stereocenters. The zero-order valence-electron chi connectivity index (χ0n) is 20.2. The fourth-order valence-corrected chi connectivity index (χ4v) is 21.3. The Morgan fingerprint density at radius 3 is 1.80 bits per heavy atom. The number of halogens is 1. The van der Waals surface area contributed by atoms with Gasteiger partial charge in [-0.05, 0) is 0 Å². The van der Waals surface area contributed by atoms with Gasteiger partial charge in [0.05, 0.1) is 0 Å². The number of hydrogen-bond donors (Lipinski definition) is 0. The monoisotopic (exact) mass is 536 g/mol. The Morgan fingerprint density at radius 1 is 0.767 bits per heavy atom. The summed E-state index contributed by atoms with van der Waals surface area (Å²) < 4.78 is 6.45. The van der Waals surface area contributed by atoms with Crippen molar-refractivity contribution < 1.29 is 0 Å². The first-order chi connectivity index (χ1) is 14.6. The van der Waals surface area contributed by atoms with Crippen molar-refractivity contribution in [3.05, 3.63) is 44.5 Å². The van der Waals surface area contributed by atoms with E-state index >= 15 is 0 Å². The Bertz CT molecular complexity index is 626. The van der Waals surface area contributed by atoms with Crippen LogP contribution in [0.1, 0.15) is 104 Å². The Hall–Kier alpha value is -0.391. The Balaban J connectivity index is 3.22. The van der Waals surface area contributed by atoms with Crippen molar-refractivity contribution in [1.82, 2.24) is 0 Å². The summed E-state index contributed by atoms with van der Waals surface area (Å²) in [6.45, 7) is 9.39. The second-order valence-electron chi connectivity index (χ2n) is 8.85. The van der Waals surface area contributed by atoms with E-state index in [0.717, 1.165) is 10.6 Å². The third kappa shape index (κ3) is 10.8. The quantitative estimate of drug-likeness (QED) is 0.119. The van der Waals surface area contributed by atoms with E-state index in [2.05, 4.69) is 45.6 Å². The van der Waals surface area contributed by atoms with Crippen molar-refractivity contribution in [3.63, 3.8) is 0 Å². The number of hydrogen-bond acceptors (Lipinski definition) is 0. The van der Waals surface area contributed by atoms with Crippen molar-refractivity contribution in [3.8, 4) is 11.8 Å². The van der Waals surface area contributed by atoms with Crippen molar-refractivity contribution in [2.24, 2.45) is 0 Å². The molecule has 0 amide bonds. The van der Waals surface area contributed by atoms with E-state index in [4.69, 9.17) is 11.6 Å². The van der Waals surface area contributed by atoms with Gasteiger partial charge in [0.1, 0.15) is 0 Å². The fraction of sp³-hybridized carbons (Fsp3) is 0.643. The van der Waals surface area contributed by atoms with Crippen LogP contribution in [0.4, 0.5) is 0 Å². The van der Waals surface area contributed by atoms with Gasteiger partial charge in [-0.3, -0.25) is 0 Å². The average Bonchev–Trinajstić information content (AvgIpc) is 2.76. The van der Waals surface area contributed by atoms with E-state index in [1.807, 2.05) is 27.9 Å². The van der Waals surface area contributed by atoms with Gasteiger partial charge in [0.25, 0.3) is 0 Å². The molecule has 1 aromatic carbocycles. The van der Waals surface area contributed by atoms with E-state index in [1.165, 1.54) is 83.9 Å². The van der Waals surface area contributed by atoms with Crippen molar-refractivity contribution in [2.75, 3.05) is 0 Å². The summed E-state index contributed by atoms with van der Waals surface area (Å²) in [5.41, 5.74) is 1.07. The van der Waals surface area contributed by atoms with Crippen LogP contribution in [-0.4, -0.2) is 18.4 Å². The van der Waals surface area contributed by atoms with E-state index in [-0.39, 0.29) is 0 Å². The predicted octanol–water partition coefficient (Wildman–Crippen LogP) is 9.98. The molecule has 0 aliphatic carbocycles. The molecule has 1 aromatic rings. The fourth-order valence-electron chi connectivity index (χ4n) is 4.37. The summed E-state index contributed by atoms with van der Waals surface area (Å²) >= 11 is 3.65. The molecule has 2 heteroatoms. The first kappa shape index (κ1) is 27.6. The minimum absolute atomic E-state index is 0.779. The number of unbranched alkanes of at least 4 members (excludes halogenated alkanes) is 6. The van der Waals surface area contributed by atoms with E-state index in [1.54, 1.807) is 0 Å². The van der Waals surface area contributed by atoms with Crippen LogP contribution in [0.25, 0.3) is 0 Å². The molecule has 0 aromatic heterocycles. The molecule has 0 nitrogen and oxygen atoms in total. The molecule has 0 saturated carbocycles. The molecular weight excluding hydrogens is 490 g/mol. The first-order valence-electron chi connectivity index (χ1n) is 12.6. The van der Waals surface area contributed by atoms with Crippen LogP contribution in [0, 0.1) is 11.8 Å². The van der Waals surface area contributed by atoms with E-state index in [9.17, 15) is 0 Å². The Kier molecular flexibility index (Phi) is 15.8. The molecule has 0 unspecified atom stereocenters. The third-order valence-corrected chi connectivity index (χ3v) is 22.8. The maximum absolute atomic E-state index is 6.03. The van der Waals surface area contributed by atoms with Crippen LogP contribution in [-0.2, 0) is 0 Å². The summed E-state index contributed by atoms with van der Waals surface area (Å²) in [4.78, 5) is 0. The molecular formula is C28H45ClSn. The molecule has 0 saturated heterocycles. The summed E-state index contributed by atoms with van der Waals surface area (Å²) in [5, 5.41) is 0.779. The van der Waals surface area contributed by atoms with Gasteiger partial charge >= 0.3 is 198 Å². The molecule has 0 aliphatic heterocycles. The maximum atomic E-state index is 6.03. The molecule has 0 fully saturated rings. The average molecular weight is 536 g/mol. The normalized spacial score (nSPS) is 12.0. The molecule has 0 spiro atoms. The molecule has 0 N–H and O–H groups in total. The standard InChI is InChI=1S/C16H18Cl.3C4H9.Sn/c1-2-3-4-5-6-7-8-9-10-15-11-13-16(17)14-12-15;3*1-3-4-2;/h8,11-14H,2-6H2,1H3;3*1,3-4H2,2H3;. The van der Waals surface area contributed by atoms with Crippen molar-refractivity contribution in [1.29, 1.82) is 0 Å². The minimum atomic E-state index is -2.38. The predicted molar refractivity (Wildman–Crippen MR) is 140 cm³/mol. The van der Waals surface area contributed by atoms with Gasteiger partial charge < -0.3 is 0 Å². The van der Waals surface area contributed by atoms with Gasteiger partial charge in [-0.2, -0.15) is 0 Å². The Labute approximate surface area is 197 Å². The molecule has 0 bridgehead atoms. The van der Waals surface area contributed by atoms with Gasteiger partial charge in [-0.15, -0.1) is 0 Å².